The molecule has 0 saturated carbocycles. The van der Waals surface area contributed by atoms with Crippen molar-refractivity contribution in [3.8, 4) is 0 Å². The Kier molecular flexibility index (Phi) is 11.6. The molecule has 0 aliphatic carbocycles. The highest BCUT2D eigenvalue weighted by Crippen LogP contribution is 2.18. The van der Waals surface area contributed by atoms with E-state index >= 15 is 0 Å². The van der Waals surface area contributed by atoms with Crippen LogP contribution in [-0.4, -0.2) is 70.6 Å². The van der Waals surface area contributed by atoms with Crippen molar-refractivity contribution in [2.45, 2.75) is 84.0 Å². The van der Waals surface area contributed by atoms with Gasteiger partial charge in [0.1, 0.15) is 5.82 Å². The average molecular weight is 438 g/mol. The number of nitrogens with zero attached hydrogens (tertiary/aromatic N) is 5. The summed E-state index contributed by atoms with van der Waals surface area (Å²) in [6.45, 7) is 14.8. The number of aliphatic imine (C=N–C) groups is 1. The molecule has 0 spiro atoms. The van der Waals surface area contributed by atoms with E-state index in [9.17, 15) is 0 Å². The summed E-state index contributed by atoms with van der Waals surface area (Å²) < 4.78 is 2.27. The van der Waals surface area contributed by atoms with Gasteiger partial charge < -0.3 is 15.2 Å². The maximum Gasteiger partial charge on any atom is 0.191 e. The van der Waals surface area contributed by atoms with Gasteiger partial charge in [0.25, 0.3) is 0 Å². The smallest absolute Gasteiger partial charge is 0.191 e. The Morgan fingerprint density at radius 1 is 1.23 bits per heavy atom. The van der Waals surface area contributed by atoms with Crippen molar-refractivity contribution in [3.05, 3.63) is 5.82 Å². The maximum absolute atomic E-state index is 4.78. The van der Waals surface area contributed by atoms with Crippen LogP contribution in [0.5, 0.6) is 0 Å². The molecule has 1 aromatic rings. The molecule has 1 unspecified atom stereocenters. The molecule has 1 aromatic heterocycles. The van der Waals surface area contributed by atoms with Crippen LogP contribution in [0.3, 0.4) is 0 Å². The van der Waals surface area contributed by atoms with Crippen molar-refractivity contribution in [1.29, 1.82) is 0 Å². The van der Waals surface area contributed by atoms with Gasteiger partial charge in [-0.05, 0) is 51.3 Å². The lowest BCUT2D eigenvalue weighted by molar-refractivity contribution is 0.147. The third-order valence-electron chi connectivity index (χ3n) is 5.61. The second kappa shape index (κ2) is 13.9. The highest BCUT2D eigenvalue weighted by molar-refractivity contribution is 7.98. The van der Waals surface area contributed by atoms with E-state index in [2.05, 4.69) is 64.2 Å². The van der Waals surface area contributed by atoms with E-state index in [1.807, 2.05) is 0 Å². The molecule has 1 fully saturated rings. The lowest BCUT2D eigenvalue weighted by Crippen LogP contribution is -2.46. The van der Waals surface area contributed by atoms with Gasteiger partial charge in [-0.15, -0.1) is 10.2 Å². The SMILES string of the molecule is CCNC(=NCCCc1nnc(SC)n1CC(C)C)NCCN1CCCCC1CC. The summed E-state index contributed by atoms with van der Waals surface area (Å²) in [5.74, 6) is 2.59. The Labute approximate surface area is 187 Å². The monoisotopic (exact) mass is 437 g/mol. The zero-order valence-electron chi connectivity index (χ0n) is 19.8. The summed E-state index contributed by atoms with van der Waals surface area (Å²) in [6, 6.07) is 0.759. The molecule has 1 aliphatic rings. The molecular formula is C22H43N7S. The summed E-state index contributed by atoms with van der Waals surface area (Å²) in [5.41, 5.74) is 0. The van der Waals surface area contributed by atoms with E-state index in [0.717, 1.165) is 68.5 Å². The summed E-state index contributed by atoms with van der Waals surface area (Å²) in [4.78, 5) is 7.42. The van der Waals surface area contributed by atoms with Crippen molar-refractivity contribution < 1.29 is 0 Å². The van der Waals surface area contributed by atoms with Crippen LogP contribution in [0.2, 0.25) is 0 Å². The van der Waals surface area contributed by atoms with Crippen LogP contribution in [0.15, 0.2) is 10.1 Å². The number of aromatic nitrogens is 3. The fraction of sp³-hybridized carbons (Fsp3) is 0.864. The molecule has 0 aromatic carbocycles. The van der Waals surface area contributed by atoms with Crippen LogP contribution in [0.25, 0.3) is 0 Å². The highest BCUT2D eigenvalue weighted by Gasteiger charge is 2.20. The summed E-state index contributed by atoms with van der Waals surface area (Å²) in [5, 5.41) is 16.7. The number of likely N-dealkylation sites (tertiary alicyclic amines) is 1. The molecule has 2 rings (SSSR count). The Hall–Kier alpha value is -1.28. The first-order chi connectivity index (χ1) is 14.6. The van der Waals surface area contributed by atoms with E-state index in [0.29, 0.717) is 5.92 Å². The summed E-state index contributed by atoms with van der Waals surface area (Å²) in [6.07, 6.45) is 9.29. The Bertz CT molecular complexity index is 629. The van der Waals surface area contributed by atoms with Crippen LogP contribution in [0.1, 0.15) is 65.6 Å². The van der Waals surface area contributed by atoms with E-state index in [4.69, 9.17) is 4.99 Å². The van der Waals surface area contributed by atoms with Crippen molar-refractivity contribution in [3.63, 3.8) is 0 Å². The van der Waals surface area contributed by atoms with Crippen molar-refractivity contribution >= 4 is 17.7 Å². The molecule has 0 radical (unpaired) electrons. The van der Waals surface area contributed by atoms with Gasteiger partial charge in [-0.3, -0.25) is 9.89 Å². The molecule has 1 atom stereocenters. The highest BCUT2D eigenvalue weighted by atomic mass is 32.2. The van der Waals surface area contributed by atoms with Crippen molar-refractivity contribution in [2.24, 2.45) is 10.9 Å². The minimum Gasteiger partial charge on any atom is -0.357 e. The number of thioether (sulfide) groups is 1. The number of hydrogen-bond acceptors (Lipinski definition) is 5. The molecule has 172 valence electrons. The number of hydrogen-bond donors (Lipinski definition) is 2. The minimum atomic E-state index is 0.584. The number of aryl methyl sites for hydroxylation is 1. The number of piperidine rings is 1. The van der Waals surface area contributed by atoms with Gasteiger partial charge in [-0.2, -0.15) is 0 Å². The van der Waals surface area contributed by atoms with Crippen LogP contribution in [0, 0.1) is 5.92 Å². The topological polar surface area (TPSA) is 70.4 Å². The molecule has 1 saturated heterocycles. The van der Waals surface area contributed by atoms with E-state index in [-0.39, 0.29) is 0 Å². The van der Waals surface area contributed by atoms with Crippen molar-refractivity contribution in [2.75, 3.05) is 39.0 Å². The molecular weight excluding hydrogens is 394 g/mol. The number of rotatable bonds is 12. The second-order valence-electron chi connectivity index (χ2n) is 8.49. The molecule has 0 bridgehead atoms. The Morgan fingerprint density at radius 3 is 2.77 bits per heavy atom. The maximum atomic E-state index is 4.78. The van der Waals surface area contributed by atoms with Gasteiger partial charge in [0, 0.05) is 45.2 Å². The molecule has 8 heteroatoms. The largest absolute Gasteiger partial charge is 0.357 e. The molecule has 0 amide bonds. The van der Waals surface area contributed by atoms with E-state index in [1.165, 1.54) is 32.2 Å². The normalized spacial score (nSPS) is 18.2. The predicted molar refractivity (Wildman–Crippen MR) is 128 cm³/mol. The quantitative estimate of drug-likeness (QED) is 0.226. The first-order valence-corrected chi connectivity index (χ1v) is 13.0. The minimum absolute atomic E-state index is 0.584. The fourth-order valence-corrected chi connectivity index (χ4v) is 4.63. The Morgan fingerprint density at radius 2 is 2.07 bits per heavy atom. The van der Waals surface area contributed by atoms with Gasteiger partial charge in [-0.1, -0.05) is 39.0 Å². The van der Waals surface area contributed by atoms with Gasteiger partial charge in [0.05, 0.1) is 0 Å². The fourth-order valence-electron chi connectivity index (χ4n) is 4.11. The molecule has 2 N–H and O–H groups in total. The zero-order valence-corrected chi connectivity index (χ0v) is 20.6. The molecule has 1 aliphatic heterocycles. The molecule has 30 heavy (non-hydrogen) atoms. The lowest BCUT2D eigenvalue weighted by atomic mass is 10.0. The van der Waals surface area contributed by atoms with E-state index in [1.54, 1.807) is 11.8 Å². The third kappa shape index (κ3) is 8.10. The van der Waals surface area contributed by atoms with Crippen LogP contribution in [0.4, 0.5) is 0 Å². The standard InChI is InChI=1S/C22H43N7S/c1-6-19-11-8-9-15-28(19)16-14-25-21(23-7-2)24-13-10-12-20-26-27-22(30-5)29(20)17-18(3)4/h18-19H,6-17H2,1-5H3,(H2,23,24,25). The summed E-state index contributed by atoms with van der Waals surface area (Å²) in [7, 11) is 0. The zero-order chi connectivity index (χ0) is 21.8. The van der Waals surface area contributed by atoms with Crippen LogP contribution >= 0.6 is 11.8 Å². The van der Waals surface area contributed by atoms with Gasteiger partial charge in [0.2, 0.25) is 0 Å². The molecule has 7 nitrogen and oxygen atoms in total. The van der Waals surface area contributed by atoms with Gasteiger partial charge >= 0.3 is 0 Å². The van der Waals surface area contributed by atoms with Crippen molar-refractivity contribution in [1.82, 2.24) is 30.3 Å². The third-order valence-corrected chi connectivity index (χ3v) is 6.28. The van der Waals surface area contributed by atoms with Crippen LogP contribution in [-0.2, 0) is 13.0 Å². The number of nitrogens with one attached hydrogen (secondary N) is 2. The van der Waals surface area contributed by atoms with Crippen LogP contribution < -0.4 is 10.6 Å². The number of guanidine groups is 1. The molecule has 2 heterocycles. The average Bonchev–Trinajstić information content (AvgIpc) is 3.12. The second-order valence-corrected chi connectivity index (χ2v) is 9.27. The Balaban J connectivity index is 1.80. The first kappa shape index (κ1) is 25.0. The van der Waals surface area contributed by atoms with Gasteiger partial charge in [0.15, 0.2) is 11.1 Å². The predicted octanol–water partition coefficient (Wildman–Crippen LogP) is 3.41. The first-order valence-electron chi connectivity index (χ1n) is 11.8. The lowest BCUT2D eigenvalue weighted by Gasteiger charge is -2.35. The van der Waals surface area contributed by atoms with E-state index < -0.39 is 0 Å². The summed E-state index contributed by atoms with van der Waals surface area (Å²) >= 11 is 1.67. The van der Waals surface area contributed by atoms with Gasteiger partial charge in [-0.25, -0.2) is 0 Å².